The Kier molecular flexibility index (Phi) is 9.02. The molecule has 0 aliphatic rings. The number of fused-ring (bicyclic) bond motifs is 1. The summed E-state index contributed by atoms with van der Waals surface area (Å²) in [7, 11) is 1.57. The van der Waals surface area contributed by atoms with E-state index in [4.69, 9.17) is 14.2 Å². The maximum atomic E-state index is 12.5. The molecule has 0 radical (unpaired) electrons. The number of nitrogens with one attached hydrogen (secondary N) is 1. The molecule has 27 heavy (non-hydrogen) atoms. The number of aromatic nitrogens is 1. The molecule has 0 saturated carbocycles. The van der Waals surface area contributed by atoms with E-state index in [1.807, 2.05) is 18.2 Å². The van der Waals surface area contributed by atoms with Crippen LogP contribution in [-0.2, 0) is 0 Å². The van der Waals surface area contributed by atoms with Gasteiger partial charge in [0.1, 0.15) is 5.75 Å². The largest absolute Gasteiger partial charge is 0.494 e. The van der Waals surface area contributed by atoms with Gasteiger partial charge in [0.2, 0.25) is 5.75 Å². The van der Waals surface area contributed by atoms with Gasteiger partial charge in [0, 0.05) is 11.5 Å². The van der Waals surface area contributed by atoms with E-state index in [1.54, 1.807) is 7.11 Å². The summed E-state index contributed by atoms with van der Waals surface area (Å²) in [6.07, 6.45) is 9.03. The fourth-order valence-electron chi connectivity index (χ4n) is 3.07. The molecular weight excluding hydrogens is 342 g/mol. The summed E-state index contributed by atoms with van der Waals surface area (Å²) < 4.78 is 17.1. The molecule has 1 heterocycles. The molecule has 0 atom stereocenters. The van der Waals surface area contributed by atoms with E-state index >= 15 is 0 Å². The molecule has 0 spiro atoms. The van der Waals surface area contributed by atoms with E-state index in [1.165, 1.54) is 32.1 Å². The average Bonchev–Trinajstić information content (AvgIpc) is 2.67. The number of pyridine rings is 1. The molecule has 5 nitrogen and oxygen atoms in total. The van der Waals surface area contributed by atoms with E-state index in [0.29, 0.717) is 24.5 Å². The number of rotatable bonds is 13. The summed E-state index contributed by atoms with van der Waals surface area (Å²) in [5, 5.41) is 0.819. The second-order valence-corrected chi connectivity index (χ2v) is 6.84. The Hall–Kier alpha value is -2.17. The topological polar surface area (TPSA) is 60.6 Å². The molecule has 5 heteroatoms. The number of methoxy groups -OCH3 is 1. The van der Waals surface area contributed by atoms with Crippen molar-refractivity contribution in [3.63, 3.8) is 0 Å². The molecule has 1 aromatic heterocycles. The van der Waals surface area contributed by atoms with Gasteiger partial charge in [-0.2, -0.15) is 0 Å². The van der Waals surface area contributed by atoms with Gasteiger partial charge in [0.25, 0.3) is 5.56 Å². The van der Waals surface area contributed by atoms with Crippen molar-refractivity contribution in [1.82, 2.24) is 4.98 Å². The van der Waals surface area contributed by atoms with Crippen LogP contribution in [0.2, 0.25) is 0 Å². The van der Waals surface area contributed by atoms with Crippen molar-refractivity contribution < 1.29 is 14.2 Å². The Labute approximate surface area is 162 Å². The van der Waals surface area contributed by atoms with Crippen molar-refractivity contribution in [2.75, 3.05) is 20.3 Å². The van der Waals surface area contributed by atoms with Gasteiger partial charge in [-0.15, -0.1) is 0 Å². The zero-order valence-corrected chi connectivity index (χ0v) is 16.9. The van der Waals surface area contributed by atoms with Gasteiger partial charge >= 0.3 is 0 Å². The summed E-state index contributed by atoms with van der Waals surface area (Å²) in [5.74, 6) is 1.50. The van der Waals surface area contributed by atoms with Crippen LogP contribution < -0.4 is 19.8 Å². The molecule has 0 aliphatic carbocycles. The molecule has 0 amide bonds. The Morgan fingerprint density at radius 1 is 0.852 bits per heavy atom. The van der Waals surface area contributed by atoms with Crippen LogP contribution in [0.25, 0.3) is 10.9 Å². The van der Waals surface area contributed by atoms with E-state index in [0.717, 1.165) is 30.4 Å². The van der Waals surface area contributed by atoms with Gasteiger partial charge in [0.15, 0.2) is 5.75 Å². The number of ether oxygens (including phenoxy) is 3. The van der Waals surface area contributed by atoms with Crippen molar-refractivity contribution in [3.8, 4) is 17.2 Å². The van der Waals surface area contributed by atoms with Crippen LogP contribution in [0.5, 0.6) is 17.2 Å². The second kappa shape index (κ2) is 11.5. The van der Waals surface area contributed by atoms with Crippen LogP contribution in [0.15, 0.2) is 23.0 Å². The summed E-state index contributed by atoms with van der Waals surface area (Å²) in [6, 6.07) is 5.67. The van der Waals surface area contributed by atoms with Crippen molar-refractivity contribution in [2.45, 2.75) is 65.2 Å². The summed E-state index contributed by atoms with van der Waals surface area (Å²) >= 11 is 0. The van der Waals surface area contributed by atoms with Gasteiger partial charge in [-0.05, 0) is 25.0 Å². The van der Waals surface area contributed by atoms with E-state index < -0.39 is 0 Å². The van der Waals surface area contributed by atoms with Crippen LogP contribution in [-0.4, -0.2) is 25.3 Å². The standard InChI is InChI=1S/C22H33NO4/c1-4-6-8-10-14-26-17-12-13-18-19(16-17)23-22(24)21(20(18)25-3)27-15-11-9-7-5-2/h12-13,16H,4-11,14-15H2,1-3H3,(H,23,24). The highest BCUT2D eigenvalue weighted by Crippen LogP contribution is 2.33. The number of aromatic amines is 1. The first-order valence-corrected chi connectivity index (χ1v) is 10.2. The van der Waals surface area contributed by atoms with Crippen LogP contribution >= 0.6 is 0 Å². The minimum absolute atomic E-state index is 0.259. The summed E-state index contributed by atoms with van der Waals surface area (Å²) in [5.41, 5.74) is 0.427. The van der Waals surface area contributed by atoms with Crippen LogP contribution in [0.1, 0.15) is 65.2 Å². The molecule has 0 fully saturated rings. The van der Waals surface area contributed by atoms with Crippen molar-refractivity contribution in [3.05, 3.63) is 28.6 Å². The molecular formula is C22H33NO4. The lowest BCUT2D eigenvalue weighted by atomic mass is 10.2. The minimum atomic E-state index is -0.269. The number of benzene rings is 1. The zero-order chi connectivity index (χ0) is 19.5. The zero-order valence-electron chi connectivity index (χ0n) is 16.9. The SMILES string of the molecule is CCCCCCOc1ccc2c(OC)c(OCCCCCC)c(=O)[nH]c2c1. The normalized spacial score (nSPS) is 10.9. The molecule has 0 bridgehead atoms. The second-order valence-electron chi connectivity index (χ2n) is 6.84. The highest BCUT2D eigenvalue weighted by atomic mass is 16.5. The Bertz CT molecular complexity index is 754. The predicted octanol–water partition coefficient (Wildman–Crippen LogP) is 5.45. The average molecular weight is 376 g/mol. The third-order valence-corrected chi connectivity index (χ3v) is 4.61. The Balaban J connectivity index is 2.10. The Morgan fingerprint density at radius 2 is 1.52 bits per heavy atom. The van der Waals surface area contributed by atoms with Crippen LogP contribution in [0.4, 0.5) is 0 Å². The van der Waals surface area contributed by atoms with Gasteiger partial charge in [-0.1, -0.05) is 52.4 Å². The van der Waals surface area contributed by atoms with Crippen LogP contribution in [0, 0.1) is 0 Å². The molecule has 1 aromatic carbocycles. The predicted molar refractivity (Wildman–Crippen MR) is 110 cm³/mol. The quantitative estimate of drug-likeness (QED) is 0.473. The molecule has 2 aromatic rings. The molecule has 150 valence electrons. The van der Waals surface area contributed by atoms with Crippen molar-refractivity contribution >= 4 is 10.9 Å². The first kappa shape index (κ1) is 21.1. The summed E-state index contributed by atoms with van der Waals surface area (Å²) in [6.45, 7) is 5.56. The van der Waals surface area contributed by atoms with Gasteiger partial charge < -0.3 is 19.2 Å². The number of hydrogen-bond acceptors (Lipinski definition) is 4. The monoisotopic (exact) mass is 375 g/mol. The van der Waals surface area contributed by atoms with Gasteiger partial charge in [0.05, 0.1) is 25.8 Å². The van der Waals surface area contributed by atoms with Gasteiger partial charge in [-0.3, -0.25) is 4.79 Å². The third-order valence-electron chi connectivity index (χ3n) is 4.61. The number of hydrogen-bond donors (Lipinski definition) is 1. The first-order chi connectivity index (χ1) is 13.2. The lowest BCUT2D eigenvalue weighted by molar-refractivity contribution is 0.282. The number of H-pyrrole nitrogens is 1. The van der Waals surface area contributed by atoms with E-state index in [2.05, 4.69) is 18.8 Å². The first-order valence-electron chi connectivity index (χ1n) is 10.2. The van der Waals surface area contributed by atoms with E-state index in [9.17, 15) is 4.79 Å². The highest BCUT2D eigenvalue weighted by molar-refractivity contribution is 5.88. The molecule has 0 aliphatic heterocycles. The third kappa shape index (κ3) is 6.19. The van der Waals surface area contributed by atoms with Crippen LogP contribution in [0.3, 0.4) is 0 Å². The maximum Gasteiger partial charge on any atom is 0.294 e. The van der Waals surface area contributed by atoms with Crippen molar-refractivity contribution in [1.29, 1.82) is 0 Å². The lowest BCUT2D eigenvalue weighted by Crippen LogP contribution is -2.14. The molecule has 0 unspecified atom stereocenters. The molecule has 2 rings (SSSR count). The highest BCUT2D eigenvalue weighted by Gasteiger charge is 2.15. The Morgan fingerprint density at radius 3 is 2.15 bits per heavy atom. The minimum Gasteiger partial charge on any atom is -0.494 e. The fourth-order valence-corrected chi connectivity index (χ4v) is 3.07. The van der Waals surface area contributed by atoms with Gasteiger partial charge in [-0.25, -0.2) is 0 Å². The summed E-state index contributed by atoms with van der Waals surface area (Å²) in [4.78, 5) is 15.4. The lowest BCUT2D eigenvalue weighted by Gasteiger charge is -2.13. The maximum absolute atomic E-state index is 12.5. The smallest absolute Gasteiger partial charge is 0.294 e. The molecule has 1 N–H and O–H groups in total. The fraction of sp³-hybridized carbons (Fsp3) is 0.591. The molecule has 0 saturated heterocycles. The van der Waals surface area contributed by atoms with E-state index in [-0.39, 0.29) is 11.3 Å². The number of unbranched alkanes of at least 4 members (excludes halogenated alkanes) is 6. The van der Waals surface area contributed by atoms with Crippen molar-refractivity contribution in [2.24, 2.45) is 0 Å².